The second-order valence-corrected chi connectivity index (χ2v) is 8.67. The molecule has 1 aliphatic carbocycles. The summed E-state index contributed by atoms with van der Waals surface area (Å²) in [6, 6.07) is 2.23. The number of hydrogen-bond acceptors (Lipinski definition) is 6. The van der Waals surface area contributed by atoms with Gasteiger partial charge in [0.05, 0.1) is 18.0 Å². The molecule has 1 saturated heterocycles. The van der Waals surface area contributed by atoms with Crippen molar-refractivity contribution in [1.82, 2.24) is 24.7 Å². The number of ether oxygens (including phenoxy) is 1. The number of aromatic nitrogens is 5. The van der Waals surface area contributed by atoms with Crippen molar-refractivity contribution in [3.05, 3.63) is 36.3 Å². The van der Waals surface area contributed by atoms with E-state index in [2.05, 4.69) is 25.0 Å². The summed E-state index contributed by atoms with van der Waals surface area (Å²) in [4.78, 5) is 14.7. The van der Waals surface area contributed by atoms with Gasteiger partial charge in [0.25, 0.3) is 6.43 Å². The largest absolute Gasteiger partial charge is 0.474 e. The van der Waals surface area contributed by atoms with Crippen molar-refractivity contribution < 1.29 is 26.7 Å². The van der Waals surface area contributed by atoms with Gasteiger partial charge in [0.1, 0.15) is 24.0 Å². The molecule has 3 aromatic heterocycles. The van der Waals surface area contributed by atoms with E-state index in [9.17, 15) is 22.0 Å². The Hall–Kier alpha value is -3.05. The maximum absolute atomic E-state index is 12.8. The van der Waals surface area contributed by atoms with Gasteiger partial charge in [-0.3, -0.25) is 0 Å². The summed E-state index contributed by atoms with van der Waals surface area (Å²) in [5, 5.41) is 3.95. The van der Waals surface area contributed by atoms with E-state index in [1.165, 1.54) is 16.9 Å². The van der Waals surface area contributed by atoms with Gasteiger partial charge in [0, 0.05) is 25.4 Å². The average Bonchev–Trinajstić information content (AvgIpc) is 3.14. The van der Waals surface area contributed by atoms with Gasteiger partial charge in [-0.25, -0.2) is 28.4 Å². The lowest BCUT2D eigenvalue weighted by atomic mass is 9.61. The van der Waals surface area contributed by atoms with Crippen LogP contribution in [0, 0.1) is 5.41 Å². The average molecular weight is 468 g/mol. The minimum Gasteiger partial charge on any atom is -0.474 e. The Morgan fingerprint density at radius 1 is 1.06 bits per heavy atom. The third kappa shape index (κ3) is 4.42. The van der Waals surface area contributed by atoms with Crippen LogP contribution in [0.15, 0.2) is 30.7 Å². The predicted octanol–water partition coefficient (Wildman–Crippen LogP) is 4.33. The summed E-state index contributed by atoms with van der Waals surface area (Å²) >= 11 is 0. The van der Waals surface area contributed by atoms with Crippen LogP contribution in [-0.4, -0.2) is 50.4 Å². The van der Waals surface area contributed by atoms with Crippen LogP contribution < -0.4 is 9.64 Å². The molecule has 1 saturated carbocycles. The second-order valence-electron chi connectivity index (χ2n) is 8.67. The van der Waals surface area contributed by atoms with E-state index in [1.807, 2.05) is 0 Å². The van der Waals surface area contributed by atoms with Crippen molar-refractivity contribution in [3.63, 3.8) is 0 Å². The van der Waals surface area contributed by atoms with Crippen molar-refractivity contribution in [1.29, 1.82) is 0 Å². The van der Waals surface area contributed by atoms with Gasteiger partial charge in [-0.05, 0) is 37.2 Å². The second kappa shape index (κ2) is 8.07. The van der Waals surface area contributed by atoms with Crippen LogP contribution in [0.3, 0.4) is 0 Å². The van der Waals surface area contributed by atoms with Gasteiger partial charge in [-0.1, -0.05) is 0 Å². The van der Waals surface area contributed by atoms with E-state index >= 15 is 0 Å². The van der Waals surface area contributed by atoms with Crippen LogP contribution in [0.4, 0.5) is 27.8 Å². The maximum Gasteiger partial charge on any atom is 0.417 e. The Labute approximate surface area is 185 Å². The van der Waals surface area contributed by atoms with Crippen LogP contribution in [0.2, 0.25) is 0 Å². The Morgan fingerprint density at radius 3 is 2.45 bits per heavy atom. The molecule has 0 amide bonds. The highest BCUT2D eigenvalue weighted by Crippen LogP contribution is 2.50. The molecule has 7 nitrogen and oxygen atoms in total. The number of rotatable bonds is 5. The van der Waals surface area contributed by atoms with Crippen molar-refractivity contribution in [2.45, 2.75) is 50.9 Å². The normalized spacial score (nSPS) is 18.8. The van der Waals surface area contributed by atoms with Gasteiger partial charge in [0.15, 0.2) is 5.65 Å². The predicted molar refractivity (Wildman–Crippen MR) is 108 cm³/mol. The summed E-state index contributed by atoms with van der Waals surface area (Å²) in [5.74, 6) is 0.832. The number of piperidine rings is 1. The van der Waals surface area contributed by atoms with Crippen molar-refractivity contribution in [2.24, 2.45) is 5.41 Å². The Balaban J connectivity index is 1.17. The monoisotopic (exact) mass is 468 g/mol. The fourth-order valence-electron chi connectivity index (χ4n) is 4.65. The van der Waals surface area contributed by atoms with E-state index in [1.54, 1.807) is 6.20 Å². The number of hydrogen-bond donors (Lipinski definition) is 0. The van der Waals surface area contributed by atoms with Gasteiger partial charge in [-0.15, -0.1) is 0 Å². The van der Waals surface area contributed by atoms with E-state index in [0.29, 0.717) is 17.0 Å². The highest BCUT2D eigenvalue weighted by molar-refractivity contribution is 5.71. The van der Waals surface area contributed by atoms with E-state index in [0.717, 1.165) is 51.0 Å². The third-order valence-corrected chi connectivity index (χ3v) is 6.46. The topological polar surface area (TPSA) is 69.0 Å². The fraction of sp³-hybridized carbons (Fsp3) is 0.524. The molecule has 2 aliphatic rings. The van der Waals surface area contributed by atoms with Gasteiger partial charge >= 0.3 is 6.18 Å². The molecule has 0 radical (unpaired) electrons. The molecule has 0 unspecified atom stereocenters. The first-order valence-electron chi connectivity index (χ1n) is 10.6. The molecule has 33 heavy (non-hydrogen) atoms. The van der Waals surface area contributed by atoms with Gasteiger partial charge in [0.2, 0.25) is 5.88 Å². The molecule has 2 fully saturated rings. The third-order valence-electron chi connectivity index (χ3n) is 6.46. The number of nitrogens with zero attached hydrogens (tertiary/aromatic N) is 6. The first-order valence-corrected chi connectivity index (χ1v) is 10.6. The molecule has 1 aliphatic heterocycles. The summed E-state index contributed by atoms with van der Waals surface area (Å²) in [7, 11) is 0. The van der Waals surface area contributed by atoms with Crippen molar-refractivity contribution >= 4 is 17.0 Å². The van der Waals surface area contributed by atoms with Crippen LogP contribution in [0.1, 0.15) is 31.2 Å². The highest BCUT2D eigenvalue weighted by atomic mass is 19.4. The first-order chi connectivity index (χ1) is 15.7. The zero-order chi connectivity index (χ0) is 23.2. The van der Waals surface area contributed by atoms with E-state index in [4.69, 9.17) is 4.74 Å². The Bertz CT molecular complexity index is 1120. The number of anilines is 1. The molecule has 1 spiro atoms. The van der Waals surface area contributed by atoms with E-state index in [-0.39, 0.29) is 17.4 Å². The minimum atomic E-state index is -4.42. The molecule has 12 heteroatoms. The van der Waals surface area contributed by atoms with Gasteiger partial charge in [-0.2, -0.15) is 18.3 Å². The molecule has 0 bridgehead atoms. The Kier molecular flexibility index (Phi) is 5.32. The highest BCUT2D eigenvalue weighted by Gasteiger charge is 2.47. The van der Waals surface area contributed by atoms with Crippen molar-refractivity contribution in [3.8, 4) is 5.88 Å². The molecule has 3 aromatic rings. The maximum atomic E-state index is 12.8. The number of pyridine rings is 1. The lowest BCUT2D eigenvalue weighted by Gasteiger charge is -2.51. The van der Waals surface area contributed by atoms with Crippen LogP contribution in [-0.2, 0) is 12.7 Å². The molecule has 5 rings (SSSR count). The molecular formula is C21H21F5N6O. The quantitative estimate of drug-likeness (QED) is 0.519. The molecule has 176 valence electrons. The molecular weight excluding hydrogens is 447 g/mol. The number of alkyl halides is 5. The molecule has 0 atom stereocenters. The van der Waals surface area contributed by atoms with Crippen molar-refractivity contribution in [2.75, 3.05) is 18.0 Å². The minimum absolute atomic E-state index is 0.0689. The summed E-state index contributed by atoms with van der Waals surface area (Å²) < 4.78 is 70.4. The zero-order valence-electron chi connectivity index (χ0n) is 17.5. The summed E-state index contributed by atoms with van der Waals surface area (Å²) in [6.45, 7) is 0.961. The SMILES string of the molecule is FC(F)Cn1ncc2ncc(N3CCC4(CC3)CC(Oc3ccc(C(F)(F)F)cn3)C4)nc21. The number of fused-ring (bicyclic) bond motifs is 1. The Morgan fingerprint density at radius 2 is 1.82 bits per heavy atom. The number of halogens is 5. The summed E-state index contributed by atoms with van der Waals surface area (Å²) in [6.07, 6.45) is 0.278. The van der Waals surface area contributed by atoms with Gasteiger partial charge < -0.3 is 9.64 Å². The molecule has 4 heterocycles. The van der Waals surface area contributed by atoms with Crippen LogP contribution in [0.5, 0.6) is 5.88 Å². The van der Waals surface area contributed by atoms with Crippen LogP contribution in [0.25, 0.3) is 11.2 Å². The standard InChI is InChI=1S/C21H21F5N6O/c22-16(23)12-32-19-15(10-29-32)27-11-17(30-19)31-5-3-20(4-6-31)7-14(8-20)33-18-2-1-13(9-28-18)21(24,25)26/h1-2,9-11,14,16H,3-8,12H2. The smallest absolute Gasteiger partial charge is 0.417 e. The lowest BCUT2D eigenvalue weighted by Crippen LogP contribution is -2.51. The first kappa shape index (κ1) is 21.8. The summed E-state index contributed by atoms with van der Waals surface area (Å²) in [5.41, 5.74) is 0.144. The van der Waals surface area contributed by atoms with Crippen LogP contribution >= 0.6 is 0 Å². The fourth-order valence-corrected chi connectivity index (χ4v) is 4.65. The zero-order valence-corrected chi connectivity index (χ0v) is 17.5. The van der Waals surface area contributed by atoms with E-state index < -0.39 is 24.7 Å². The molecule has 0 N–H and O–H groups in total. The lowest BCUT2D eigenvalue weighted by molar-refractivity contribution is -0.137. The molecule has 0 aromatic carbocycles.